The van der Waals surface area contributed by atoms with E-state index in [9.17, 15) is 9.59 Å². The van der Waals surface area contributed by atoms with Gasteiger partial charge in [-0.15, -0.1) is 0 Å². The average molecular weight is 345 g/mol. The minimum atomic E-state index is -0.520. The monoisotopic (exact) mass is 344 g/mol. The summed E-state index contributed by atoms with van der Waals surface area (Å²) < 4.78 is 5.11. The van der Waals surface area contributed by atoms with Crippen LogP contribution in [0.4, 0.5) is 5.69 Å². The molecule has 2 aromatic carbocycles. The topological polar surface area (TPSA) is 49.9 Å². The second kappa shape index (κ2) is 6.93. The van der Waals surface area contributed by atoms with Crippen LogP contribution >= 0.6 is 11.6 Å². The van der Waals surface area contributed by atoms with Gasteiger partial charge in [0.25, 0.3) is 0 Å². The first-order chi connectivity index (χ1) is 11.6. The van der Waals surface area contributed by atoms with E-state index in [1.165, 1.54) is 4.90 Å². The Morgan fingerprint density at radius 2 is 1.79 bits per heavy atom. The second-order valence-electron chi connectivity index (χ2n) is 5.51. The highest BCUT2D eigenvalue weighted by Gasteiger charge is 2.33. The number of anilines is 1. The summed E-state index contributed by atoms with van der Waals surface area (Å²) in [6.45, 7) is 1.31. The summed E-state index contributed by atoms with van der Waals surface area (Å²) in [5, 5.41) is 0.614. The van der Waals surface area contributed by atoms with Gasteiger partial charge in [-0.25, -0.2) is 0 Å². The van der Waals surface area contributed by atoms with Crippen LogP contribution in [0.1, 0.15) is 5.56 Å². The summed E-state index contributed by atoms with van der Waals surface area (Å²) in [6, 6.07) is 14.4. The predicted molar refractivity (Wildman–Crippen MR) is 92.2 cm³/mol. The normalized spacial score (nSPS) is 14.9. The summed E-state index contributed by atoms with van der Waals surface area (Å²) in [4.78, 5) is 27.9. The molecule has 0 radical (unpaired) electrons. The van der Waals surface area contributed by atoms with E-state index < -0.39 is 11.8 Å². The lowest BCUT2D eigenvalue weighted by Gasteiger charge is -2.33. The molecule has 2 aromatic rings. The molecule has 0 aliphatic carbocycles. The number of methoxy groups -OCH3 is 1. The molecule has 1 heterocycles. The SMILES string of the molecule is COc1ccc(N2CCN(Cc3cccc(Cl)c3)C(=O)C2=O)cc1. The number of amides is 2. The van der Waals surface area contributed by atoms with Crippen LogP contribution in [0.5, 0.6) is 5.75 Å². The molecule has 0 aromatic heterocycles. The maximum Gasteiger partial charge on any atom is 0.316 e. The van der Waals surface area contributed by atoms with Gasteiger partial charge in [0.2, 0.25) is 0 Å². The molecule has 3 rings (SSSR count). The van der Waals surface area contributed by atoms with Gasteiger partial charge in [0.15, 0.2) is 0 Å². The number of ether oxygens (including phenoxy) is 1. The van der Waals surface area contributed by atoms with E-state index in [2.05, 4.69) is 0 Å². The highest BCUT2D eigenvalue weighted by Crippen LogP contribution is 2.22. The Kier molecular flexibility index (Phi) is 4.71. The number of hydrogen-bond donors (Lipinski definition) is 0. The molecular weight excluding hydrogens is 328 g/mol. The smallest absolute Gasteiger partial charge is 0.316 e. The van der Waals surface area contributed by atoms with Crippen molar-refractivity contribution in [1.29, 1.82) is 0 Å². The van der Waals surface area contributed by atoms with Crippen molar-refractivity contribution in [2.75, 3.05) is 25.1 Å². The quantitative estimate of drug-likeness (QED) is 0.801. The third-order valence-electron chi connectivity index (χ3n) is 3.96. The van der Waals surface area contributed by atoms with Gasteiger partial charge in [-0.2, -0.15) is 0 Å². The van der Waals surface area contributed by atoms with Gasteiger partial charge in [0.05, 0.1) is 7.11 Å². The third-order valence-corrected chi connectivity index (χ3v) is 4.19. The van der Waals surface area contributed by atoms with E-state index in [1.54, 1.807) is 48.4 Å². The first kappa shape index (κ1) is 16.3. The maximum absolute atomic E-state index is 12.4. The van der Waals surface area contributed by atoms with E-state index in [4.69, 9.17) is 16.3 Å². The van der Waals surface area contributed by atoms with Gasteiger partial charge >= 0.3 is 11.8 Å². The van der Waals surface area contributed by atoms with Crippen LogP contribution in [0, 0.1) is 0 Å². The van der Waals surface area contributed by atoms with Crippen LogP contribution in [-0.4, -0.2) is 36.9 Å². The van der Waals surface area contributed by atoms with Crippen molar-refractivity contribution in [3.8, 4) is 5.75 Å². The van der Waals surface area contributed by atoms with Gasteiger partial charge in [-0.3, -0.25) is 9.59 Å². The molecule has 1 aliphatic heterocycles. The Balaban J connectivity index is 1.72. The van der Waals surface area contributed by atoms with Crippen LogP contribution in [0.2, 0.25) is 5.02 Å². The Labute approximate surface area is 145 Å². The van der Waals surface area contributed by atoms with Gasteiger partial charge in [-0.05, 0) is 42.0 Å². The van der Waals surface area contributed by atoms with Crippen molar-refractivity contribution in [1.82, 2.24) is 4.90 Å². The van der Waals surface area contributed by atoms with Crippen LogP contribution in [0.15, 0.2) is 48.5 Å². The zero-order chi connectivity index (χ0) is 17.1. The van der Waals surface area contributed by atoms with E-state index in [0.29, 0.717) is 36.1 Å². The molecule has 0 N–H and O–H groups in total. The molecule has 0 atom stereocenters. The lowest BCUT2D eigenvalue weighted by molar-refractivity contribution is -0.146. The Hall–Kier alpha value is -2.53. The lowest BCUT2D eigenvalue weighted by Crippen LogP contribution is -2.54. The summed E-state index contributed by atoms with van der Waals surface area (Å²) in [6.07, 6.45) is 0. The number of halogens is 1. The minimum Gasteiger partial charge on any atom is -0.497 e. The Morgan fingerprint density at radius 3 is 2.46 bits per heavy atom. The zero-order valence-corrected chi connectivity index (χ0v) is 14.0. The molecule has 5 nitrogen and oxygen atoms in total. The minimum absolute atomic E-state index is 0.377. The number of benzene rings is 2. The third kappa shape index (κ3) is 3.36. The maximum atomic E-state index is 12.4. The fourth-order valence-electron chi connectivity index (χ4n) is 2.69. The number of rotatable bonds is 4. The zero-order valence-electron chi connectivity index (χ0n) is 13.2. The standard InChI is InChI=1S/C18H17ClN2O3/c1-24-16-7-5-15(6-8-16)21-10-9-20(17(22)18(21)23)12-13-3-2-4-14(19)11-13/h2-8,11H,9-10,12H2,1H3. The number of carbonyl (C=O) groups is 2. The first-order valence-corrected chi connectivity index (χ1v) is 7.95. The fraction of sp³-hybridized carbons (Fsp3) is 0.222. The molecule has 1 saturated heterocycles. The highest BCUT2D eigenvalue weighted by atomic mass is 35.5. The summed E-state index contributed by atoms with van der Waals surface area (Å²) in [5.74, 6) is -0.317. The van der Waals surface area contributed by atoms with Crippen LogP contribution in [0.3, 0.4) is 0 Å². The Bertz CT molecular complexity index is 761. The predicted octanol–water partition coefficient (Wildman–Crippen LogP) is 2.72. The molecule has 1 aliphatic rings. The number of piperazine rings is 1. The summed E-state index contributed by atoms with van der Waals surface area (Å²) in [5.41, 5.74) is 1.60. The lowest BCUT2D eigenvalue weighted by atomic mass is 10.1. The molecule has 0 unspecified atom stereocenters. The van der Waals surface area contributed by atoms with Crippen LogP contribution < -0.4 is 9.64 Å². The van der Waals surface area contributed by atoms with Gasteiger partial charge in [-0.1, -0.05) is 23.7 Å². The van der Waals surface area contributed by atoms with Crippen molar-refractivity contribution in [3.63, 3.8) is 0 Å². The molecule has 0 spiro atoms. The number of nitrogens with zero attached hydrogens (tertiary/aromatic N) is 2. The highest BCUT2D eigenvalue weighted by molar-refractivity contribution is 6.41. The summed E-state index contributed by atoms with van der Waals surface area (Å²) >= 11 is 5.97. The molecule has 24 heavy (non-hydrogen) atoms. The fourth-order valence-corrected chi connectivity index (χ4v) is 2.90. The molecule has 0 saturated carbocycles. The largest absolute Gasteiger partial charge is 0.497 e. The van der Waals surface area contributed by atoms with Crippen LogP contribution in [-0.2, 0) is 16.1 Å². The molecule has 0 bridgehead atoms. The molecule has 1 fully saturated rings. The van der Waals surface area contributed by atoms with Crippen molar-refractivity contribution in [3.05, 3.63) is 59.1 Å². The summed E-state index contributed by atoms with van der Waals surface area (Å²) in [7, 11) is 1.58. The van der Waals surface area contributed by atoms with Crippen molar-refractivity contribution >= 4 is 29.1 Å². The van der Waals surface area contributed by atoms with E-state index in [0.717, 1.165) is 5.56 Å². The number of hydrogen-bond acceptors (Lipinski definition) is 3. The molecule has 2 amide bonds. The van der Waals surface area contributed by atoms with E-state index in [-0.39, 0.29) is 0 Å². The second-order valence-corrected chi connectivity index (χ2v) is 5.95. The first-order valence-electron chi connectivity index (χ1n) is 7.58. The van der Waals surface area contributed by atoms with Crippen molar-refractivity contribution < 1.29 is 14.3 Å². The van der Waals surface area contributed by atoms with Gasteiger partial charge in [0, 0.05) is 30.3 Å². The molecule has 6 heteroatoms. The molecule has 124 valence electrons. The Morgan fingerprint density at radius 1 is 1.04 bits per heavy atom. The number of carbonyl (C=O) groups excluding carboxylic acids is 2. The van der Waals surface area contributed by atoms with Gasteiger partial charge in [0.1, 0.15) is 5.75 Å². The van der Waals surface area contributed by atoms with Crippen LogP contribution in [0.25, 0.3) is 0 Å². The van der Waals surface area contributed by atoms with E-state index >= 15 is 0 Å². The van der Waals surface area contributed by atoms with Crippen molar-refractivity contribution in [2.24, 2.45) is 0 Å². The average Bonchev–Trinajstić information content (AvgIpc) is 2.59. The molecular formula is C18H17ClN2O3. The van der Waals surface area contributed by atoms with E-state index in [1.807, 2.05) is 12.1 Å². The van der Waals surface area contributed by atoms with Crippen molar-refractivity contribution in [2.45, 2.75) is 6.54 Å². The van der Waals surface area contributed by atoms with Gasteiger partial charge < -0.3 is 14.5 Å².